The molecule has 0 aliphatic carbocycles. The van der Waals surface area contributed by atoms with E-state index in [1.54, 1.807) is 0 Å². The van der Waals surface area contributed by atoms with Crippen molar-refractivity contribution < 1.29 is 4.79 Å². The Bertz CT molecular complexity index is 399. The Balaban J connectivity index is 2.29. The number of rotatable bonds is 1. The molecule has 86 valence electrons. The molecule has 1 saturated heterocycles. The van der Waals surface area contributed by atoms with Crippen LogP contribution in [0.3, 0.4) is 0 Å². The molecule has 2 rings (SSSR count). The van der Waals surface area contributed by atoms with Gasteiger partial charge in [0, 0.05) is 30.6 Å². The molecule has 0 saturated carbocycles. The summed E-state index contributed by atoms with van der Waals surface area (Å²) in [7, 11) is 0. The minimum absolute atomic E-state index is 0.147. The molecule has 1 aliphatic heterocycles. The fourth-order valence-corrected chi connectivity index (χ4v) is 2.43. The van der Waals surface area contributed by atoms with E-state index in [-0.39, 0.29) is 5.92 Å². The van der Waals surface area contributed by atoms with E-state index in [4.69, 9.17) is 0 Å². The fraction of sp³-hybridized carbons (Fsp3) is 0.500. The van der Waals surface area contributed by atoms with Crippen molar-refractivity contribution in [2.75, 3.05) is 11.4 Å². The summed E-state index contributed by atoms with van der Waals surface area (Å²) in [6, 6.07) is 8.71. The Morgan fingerprint density at radius 1 is 1.25 bits per heavy atom. The summed E-state index contributed by atoms with van der Waals surface area (Å²) in [5.74, 6) is 0.547. The molecule has 0 spiro atoms. The average Bonchev–Trinajstić information content (AvgIpc) is 2.28. The lowest BCUT2D eigenvalue weighted by Gasteiger charge is -2.39. The molecule has 0 aromatic heterocycles. The normalized spacial score (nSPS) is 25.9. The monoisotopic (exact) mass is 217 g/mol. The number of anilines is 1. The van der Waals surface area contributed by atoms with Gasteiger partial charge in [0.25, 0.3) is 0 Å². The minimum Gasteiger partial charge on any atom is -0.367 e. The van der Waals surface area contributed by atoms with Crippen LogP contribution in [-0.2, 0) is 4.79 Å². The number of carbonyl (C=O) groups excluding carboxylic acids is 1. The Labute approximate surface area is 97.3 Å². The minimum atomic E-state index is 0.147. The number of piperidine rings is 1. The van der Waals surface area contributed by atoms with Gasteiger partial charge in [-0.1, -0.05) is 25.1 Å². The quantitative estimate of drug-likeness (QED) is 0.721. The predicted molar refractivity (Wildman–Crippen MR) is 66.8 cm³/mol. The van der Waals surface area contributed by atoms with E-state index >= 15 is 0 Å². The highest BCUT2D eigenvalue weighted by Crippen LogP contribution is 2.28. The van der Waals surface area contributed by atoms with E-state index in [0.717, 1.165) is 6.54 Å². The van der Waals surface area contributed by atoms with Gasteiger partial charge in [-0.05, 0) is 25.5 Å². The van der Waals surface area contributed by atoms with Gasteiger partial charge in [0.2, 0.25) is 0 Å². The van der Waals surface area contributed by atoms with Crippen molar-refractivity contribution in [2.24, 2.45) is 5.92 Å². The summed E-state index contributed by atoms with van der Waals surface area (Å²) in [6.45, 7) is 7.17. The molecule has 2 nitrogen and oxygen atoms in total. The molecule has 0 bridgehead atoms. The SMILES string of the molecule is Cc1ccccc1N1CCC(=O)C(C)C1C. The second kappa shape index (κ2) is 4.28. The number of hydrogen-bond donors (Lipinski definition) is 0. The fourth-order valence-electron chi connectivity index (χ4n) is 2.43. The first-order valence-corrected chi connectivity index (χ1v) is 5.96. The lowest BCUT2D eigenvalue weighted by Crippen LogP contribution is -2.47. The van der Waals surface area contributed by atoms with Crippen LogP contribution in [0, 0.1) is 12.8 Å². The zero-order chi connectivity index (χ0) is 11.7. The molecule has 2 unspecified atom stereocenters. The molecule has 1 heterocycles. The van der Waals surface area contributed by atoms with E-state index in [2.05, 4.69) is 43.0 Å². The Morgan fingerprint density at radius 2 is 1.94 bits per heavy atom. The molecule has 1 aromatic rings. The van der Waals surface area contributed by atoms with Gasteiger partial charge in [-0.3, -0.25) is 4.79 Å². The van der Waals surface area contributed by atoms with Crippen molar-refractivity contribution in [2.45, 2.75) is 33.2 Å². The van der Waals surface area contributed by atoms with E-state index in [0.29, 0.717) is 18.2 Å². The van der Waals surface area contributed by atoms with Crippen LogP contribution in [0.5, 0.6) is 0 Å². The Morgan fingerprint density at radius 3 is 2.62 bits per heavy atom. The number of nitrogens with zero attached hydrogens (tertiary/aromatic N) is 1. The van der Waals surface area contributed by atoms with Crippen molar-refractivity contribution in [3.05, 3.63) is 29.8 Å². The molecule has 2 heteroatoms. The van der Waals surface area contributed by atoms with Gasteiger partial charge in [0.1, 0.15) is 5.78 Å². The van der Waals surface area contributed by atoms with Crippen LogP contribution in [-0.4, -0.2) is 18.4 Å². The average molecular weight is 217 g/mol. The molecular formula is C14H19NO. The van der Waals surface area contributed by atoms with Crippen molar-refractivity contribution >= 4 is 11.5 Å². The van der Waals surface area contributed by atoms with Gasteiger partial charge in [-0.25, -0.2) is 0 Å². The standard InChI is InChI=1S/C14H19NO/c1-10-6-4-5-7-13(10)15-9-8-14(16)11(2)12(15)3/h4-7,11-12H,8-9H2,1-3H3. The summed E-state index contributed by atoms with van der Waals surface area (Å²) < 4.78 is 0. The smallest absolute Gasteiger partial charge is 0.139 e. The third-order valence-corrected chi connectivity index (χ3v) is 3.75. The number of aryl methyl sites for hydroxylation is 1. The second-order valence-electron chi connectivity index (χ2n) is 4.73. The highest BCUT2D eigenvalue weighted by molar-refractivity contribution is 5.84. The van der Waals surface area contributed by atoms with Crippen molar-refractivity contribution in [3.8, 4) is 0 Å². The maximum absolute atomic E-state index is 11.6. The molecule has 0 amide bonds. The van der Waals surface area contributed by atoms with Gasteiger partial charge in [0.05, 0.1) is 0 Å². The van der Waals surface area contributed by atoms with Gasteiger partial charge in [-0.2, -0.15) is 0 Å². The molecular weight excluding hydrogens is 198 g/mol. The topological polar surface area (TPSA) is 20.3 Å². The summed E-state index contributed by atoms with van der Waals surface area (Å²) in [6.07, 6.45) is 0.680. The molecule has 16 heavy (non-hydrogen) atoms. The number of ketones is 1. The largest absolute Gasteiger partial charge is 0.367 e. The summed E-state index contributed by atoms with van der Waals surface area (Å²) in [5, 5.41) is 0. The number of benzene rings is 1. The van der Waals surface area contributed by atoms with Crippen LogP contribution in [0.25, 0.3) is 0 Å². The molecule has 0 N–H and O–H groups in total. The lowest BCUT2D eigenvalue weighted by molar-refractivity contribution is -0.123. The number of hydrogen-bond acceptors (Lipinski definition) is 2. The Hall–Kier alpha value is -1.31. The highest BCUT2D eigenvalue weighted by atomic mass is 16.1. The van der Waals surface area contributed by atoms with Gasteiger partial charge in [0.15, 0.2) is 0 Å². The molecule has 0 radical (unpaired) electrons. The molecule has 2 atom stereocenters. The van der Waals surface area contributed by atoms with Crippen molar-refractivity contribution in [1.29, 1.82) is 0 Å². The third-order valence-electron chi connectivity index (χ3n) is 3.75. The van der Waals surface area contributed by atoms with Crippen molar-refractivity contribution in [3.63, 3.8) is 0 Å². The highest BCUT2D eigenvalue weighted by Gasteiger charge is 2.31. The van der Waals surface area contributed by atoms with Crippen LogP contribution < -0.4 is 4.90 Å². The molecule has 1 aliphatic rings. The first-order valence-electron chi connectivity index (χ1n) is 5.96. The number of Topliss-reactive ketones (excluding diaryl/α,β-unsaturated/α-hetero) is 1. The van der Waals surface area contributed by atoms with Gasteiger partial charge in [-0.15, -0.1) is 0 Å². The molecule has 1 aromatic carbocycles. The zero-order valence-corrected chi connectivity index (χ0v) is 10.2. The van der Waals surface area contributed by atoms with Gasteiger partial charge < -0.3 is 4.90 Å². The Kier molecular flexibility index (Phi) is 2.99. The third kappa shape index (κ3) is 1.84. The van der Waals surface area contributed by atoms with Crippen LogP contribution in [0.15, 0.2) is 24.3 Å². The van der Waals surface area contributed by atoms with Gasteiger partial charge >= 0.3 is 0 Å². The van der Waals surface area contributed by atoms with E-state index < -0.39 is 0 Å². The maximum Gasteiger partial charge on any atom is 0.139 e. The van der Waals surface area contributed by atoms with Crippen LogP contribution >= 0.6 is 0 Å². The lowest BCUT2D eigenvalue weighted by atomic mass is 9.90. The maximum atomic E-state index is 11.6. The summed E-state index contributed by atoms with van der Waals surface area (Å²) >= 11 is 0. The van der Waals surface area contributed by atoms with Crippen LogP contribution in [0.2, 0.25) is 0 Å². The second-order valence-corrected chi connectivity index (χ2v) is 4.73. The van der Waals surface area contributed by atoms with E-state index in [9.17, 15) is 4.79 Å². The summed E-state index contributed by atoms with van der Waals surface area (Å²) in [4.78, 5) is 14.0. The van der Waals surface area contributed by atoms with Crippen molar-refractivity contribution in [1.82, 2.24) is 0 Å². The van der Waals surface area contributed by atoms with E-state index in [1.165, 1.54) is 11.3 Å². The zero-order valence-electron chi connectivity index (χ0n) is 10.2. The first-order chi connectivity index (χ1) is 7.61. The number of para-hydroxylation sites is 1. The number of carbonyl (C=O) groups is 1. The van der Waals surface area contributed by atoms with Crippen LogP contribution in [0.4, 0.5) is 5.69 Å². The van der Waals surface area contributed by atoms with E-state index in [1.807, 2.05) is 6.92 Å². The predicted octanol–water partition coefficient (Wildman–Crippen LogP) is 2.80. The first kappa shape index (κ1) is 11.2. The van der Waals surface area contributed by atoms with Crippen LogP contribution in [0.1, 0.15) is 25.8 Å². The summed E-state index contributed by atoms with van der Waals surface area (Å²) in [5.41, 5.74) is 2.56. The molecule has 1 fully saturated rings.